The largest absolute Gasteiger partial charge is 0.383 e. The summed E-state index contributed by atoms with van der Waals surface area (Å²) in [6.45, 7) is 14.8. The Balaban J connectivity index is 4.07. The lowest BCUT2D eigenvalue weighted by molar-refractivity contribution is 0.305. The maximum Gasteiger partial charge on any atom is 0.0281 e. The van der Waals surface area contributed by atoms with Crippen molar-refractivity contribution in [2.45, 2.75) is 40.7 Å². The molecule has 0 aliphatic rings. The van der Waals surface area contributed by atoms with Crippen LogP contribution in [0, 0.1) is 5.41 Å². The summed E-state index contributed by atoms with van der Waals surface area (Å²) < 4.78 is 0. The van der Waals surface area contributed by atoms with Crippen molar-refractivity contribution in [1.82, 2.24) is 5.32 Å². The quantitative estimate of drug-likeness (QED) is 0.672. The topological polar surface area (TPSA) is 12.0 Å². The highest BCUT2D eigenvalue weighted by atomic mass is 14.9. The molecular weight excluding hydrogens is 170 g/mol. The number of hydrogen-bond donors (Lipinski definition) is 1. The van der Waals surface area contributed by atoms with E-state index in [0.29, 0.717) is 6.04 Å². The minimum Gasteiger partial charge on any atom is -0.383 e. The average molecular weight is 193 g/mol. The van der Waals surface area contributed by atoms with Gasteiger partial charge in [0.25, 0.3) is 0 Å². The molecule has 0 aliphatic heterocycles. The van der Waals surface area contributed by atoms with Crippen LogP contribution in [-0.2, 0) is 0 Å². The highest BCUT2D eigenvalue weighted by Crippen LogP contribution is 2.19. The lowest BCUT2D eigenvalue weighted by Crippen LogP contribution is -2.36. The van der Waals surface area contributed by atoms with E-state index in [1.165, 1.54) is 0 Å². The van der Waals surface area contributed by atoms with Crippen molar-refractivity contribution in [3.63, 3.8) is 0 Å². The molecule has 1 nitrogen and oxygen atoms in total. The van der Waals surface area contributed by atoms with E-state index in [9.17, 15) is 0 Å². The van der Waals surface area contributed by atoms with Gasteiger partial charge in [-0.3, -0.25) is 0 Å². The van der Waals surface area contributed by atoms with Gasteiger partial charge in [0.05, 0.1) is 0 Å². The van der Waals surface area contributed by atoms with Crippen LogP contribution in [0.15, 0.2) is 36.6 Å². The Morgan fingerprint density at radius 2 is 1.86 bits per heavy atom. The second kappa shape index (κ2) is 5.69. The molecule has 0 amide bonds. The molecule has 0 aliphatic carbocycles. The van der Waals surface area contributed by atoms with Crippen molar-refractivity contribution in [3.8, 4) is 0 Å². The molecule has 80 valence electrons. The third-order valence-electron chi connectivity index (χ3n) is 2.30. The van der Waals surface area contributed by atoms with E-state index in [-0.39, 0.29) is 5.41 Å². The number of allylic oxidation sites excluding steroid dienone is 4. The standard InChI is InChI=1S/C13H23N/c1-7-8-9-10-11(2)14-12(3)13(4,5)6/h7-10,12,14H,2H2,1,3-6H3/b8-7-,10-9-. The smallest absolute Gasteiger partial charge is 0.0281 e. The fourth-order valence-electron chi connectivity index (χ4n) is 0.826. The fourth-order valence-corrected chi connectivity index (χ4v) is 0.826. The van der Waals surface area contributed by atoms with Crippen LogP contribution >= 0.6 is 0 Å². The predicted octanol–water partition coefficient (Wildman–Crippen LogP) is 3.66. The van der Waals surface area contributed by atoms with Gasteiger partial charge >= 0.3 is 0 Å². The van der Waals surface area contributed by atoms with Crippen LogP contribution in [0.25, 0.3) is 0 Å². The molecule has 0 aromatic carbocycles. The van der Waals surface area contributed by atoms with Crippen molar-refractivity contribution in [1.29, 1.82) is 0 Å². The molecule has 0 rings (SSSR count). The first kappa shape index (κ1) is 13.0. The van der Waals surface area contributed by atoms with Crippen molar-refractivity contribution in [3.05, 3.63) is 36.6 Å². The Morgan fingerprint density at radius 1 is 1.29 bits per heavy atom. The molecule has 0 saturated carbocycles. The van der Waals surface area contributed by atoms with Gasteiger partial charge in [-0.05, 0) is 25.3 Å². The van der Waals surface area contributed by atoms with Crippen LogP contribution in [0.1, 0.15) is 34.6 Å². The first-order valence-corrected chi connectivity index (χ1v) is 5.12. The van der Waals surface area contributed by atoms with Crippen LogP contribution in [0.5, 0.6) is 0 Å². The monoisotopic (exact) mass is 193 g/mol. The van der Waals surface area contributed by atoms with E-state index in [1.807, 2.05) is 31.2 Å². The van der Waals surface area contributed by atoms with Gasteiger partial charge in [0, 0.05) is 11.7 Å². The molecule has 0 fully saturated rings. The SMILES string of the molecule is C=C(/C=C\C=C/C)NC(C)C(C)(C)C. The average Bonchev–Trinajstić information content (AvgIpc) is 2.03. The van der Waals surface area contributed by atoms with Gasteiger partial charge in [-0.15, -0.1) is 0 Å². The minimum absolute atomic E-state index is 0.261. The highest BCUT2D eigenvalue weighted by Gasteiger charge is 2.19. The third-order valence-corrected chi connectivity index (χ3v) is 2.30. The summed E-state index contributed by atoms with van der Waals surface area (Å²) in [4.78, 5) is 0. The Kier molecular flexibility index (Phi) is 5.29. The van der Waals surface area contributed by atoms with Gasteiger partial charge in [0.2, 0.25) is 0 Å². The molecule has 14 heavy (non-hydrogen) atoms. The van der Waals surface area contributed by atoms with Crippen LogP contribution < -0.4 is 5.32 Å². The Bertz CT molecular complexity index is 228. The van der Waals surface area contributed by atoms with E-state index < -0.39 is 0 Å². The molecule has 0 bridgehead atoms. The zero-order chi connectivity index (χ0) is 11.2. The number of hydrogen-bond acceptors (Lipinski definition) is 1. The summed E-state index contributed by atoms with van der Waals surface area (Å²) in [5.41, 5.74) is 1.22. The summed E-state index contributed by atoms with van der Waals surface area (Å²) in [7, 11) is 0. The fraction of sp³-hybridized carbons (Fsp3) is 0.538. The zero-order valence-electron chi connectivity index (χ0n) is 10.1. The predicted molar refractivity (Wildman–Crippen MR) is 65.1 cm³/mol. The lowest BCUT2D eigenvalue weighted by atomic mass is 9.88. The van der Waals surface area contributed by atoms with Gasteiger partial charge in [-0.1, -0.05) is 45.6 Å². The first-order chi connectivity index (χ1) is 6.38. The van der Waals surface area contributed by atoms with Crippen molar-refractivity contribution >= 4 is 0 Å². The molecule has 0 spiro atoms. The van der Waals surface area contributed by atoms with E-state index in [1.54, 1.807) is 0 Å². The third kappa shape index (κ3) is 5.63. The van der Waals surface area contributed by atoms with Crippen molar-refractivity contribution in [2.24, 2.45) is 5.41 Å². The maximum absolute atomic E-state index is 3.95. The zero-order valence-corrected chi connectivity index (χ0v) is 10.1. The number of nitrogens with one attached hydrogen (secondary N) is 1. The van der Waals surface area contributed by atoms with Gasteiger partial charge in [0.1, 0.15) is 0 Å². The van der Waals surface area contributed by atoms with Crippen LogP contribution in [0.4, 0.5) is 0 Å². The summed E-state index contributed by atoms with van der Waals surface area (Å²) in [5.74, 6) is 0. The van der Waals surface area contributed by atoms with Gasteiger partial charge < -0.3 is 5.32 Å². The maximum atomic E-state index is 3.95. The van der Waals surface area contributed by atoms with Crippen LogP contribution in [-0.4, -0.2) is 6.04 Å². The molecule has 1 unspecified atom stereocenters. The highest BCUT2D eigenvalue weighted by molar-refractivity contribution is 5.18. The van der Waals surface area contributed by atoms with E-state index in [2.05, 4.69) is 39.6 Å². The van der Waals surface area contributed by atoms with E-state index in [0.717, 1.165) is 5.70 Å². The summed E-state index contributed by atoms with van der Waals surface area (Å²) in [6.07, 6.45) is 7.97. The molecule has 0 saturated heterocycles. The molecular formula is C13H23N. The van der Waals surface area contributed by atoms with Gasteiger partial charge in [-0.25, -0.2) is 0 Å². The van der Waals surface area contributed by atoms with E-state index in [4.69, 9.17) is 0 Å². The lowest BCUT2D eigenvalue weighted by Gasteiger charge is -2.29. The Hall–Kier alpha value is -0.980. The second-order valence-electron chi connectivity index (χ2n) is 4.64. The normalized spacial score (nSPS) is 14.9. The molecule has 0 aromatic heterocycles. The molecule has 0 aromatic rings. The van der Waals surface area contributed by atoms with E-state index >= 15 is 0 Å². The van der Waals surface area contributed by atoms with Gasteiger partial charge in [-0.2, -0.15) is 0 Å². The molecule has 1 N–H and O–H groups in total. The van der Waals surface area contributed by atoms with Crippen molar-refractivity contribution in [2.75, 3.05) is 0 Å². The van der Waals surface area contributed by atoms with Gasteiger partial charge in [0.15, 0.2) is 0 Å². The second-order valence-corrected chi connectivity index (χ2v) is 4.64. The Labute approximate surface area is 88.6 Å². The summed E-state index contributed by atoms with van der Waals surface area (Å²) >= 11 is 0. The molecule has 1 heteroatoms. The first-order valence-electron chi connectivity index (χ1n) is 5.12. The molecule has 1 atom stereocenters. The van der Waals surface area contributed by atoms with Crippen LogP contribution in [0.3, 0.4) is 0 Å². The summed E-state index contributed by atoms with van der Waals surface area (Å²) in [6, 6.07) is 0.422. The molecule has 0 heterocycles. The van der Waals surface area contributed by atoms with Crippen molar-refractivity contribution < 1.29 is 0 Å². The molecule has 0 radical (unpaired) electrons. The summed E-state index contributed by atoms with van der Waals surface area (Å²) in [5, 5.41) is 3.36. The Morgan fingerprint density at radius 3 is 2.29 bits per heavy atom. The number of rotatable bonds is 4. The van der Waals surface area contributed by atoms with Crippen LogP contribution in [0.2, 0.25) is 0 Å². The minimum atomic E-state index is 0.261.